The zero-order valence-electron chi connectivity index (χ0n) is 9.14. The molecule has 0 fully saturated rings. The maximum absolute atomic E-state index is 11.7. The number of nitrogens with one attached hydrogen (secondary N) is 2. The number of nitrogens with zero attached hydrogens (tertiary/aromatic N) is 3. The molecule has 2 N–H and O–H groups in total. The van der Waals surface area contributed by atoms with E-state index in [4.69, 9.17) is 0 Å². The molecule has 2 rings (SSSR count). The Morgan fingerprint density at radius 1 is 1.56 bits per heavy atom. The molecule has 0 aliphatic carbocycles. The van der Waals surface area contributed by atoms with Crippen LogP contribution in [-0.4, -0.2) is 19.7 Å². The molecule has 0 aromatic carbocycles. The van der Waals surface area contributed by atoms with Gasteiger partial charge in [0.15, 0.2) is 5.82 Å². The fourth-order valence-electron chi connectivity index (χ4n) is 1.38. The largest absolute Gasteiger partial charge is 0.359 e. The maximum Gasteiger partial charge on any atom is 0.293 e. The number of aromatic nitrogens is 4. The molecule has 84 valence electrons. The molecule has 0 saturated carbocycles. The highest BCUT2D eigenvalue weighted by molar-refractivity contribution is 5.34. The van der Waals surface area contributed by atoms with Crippen molar-refractivity contribution in [2.75, 3.05) is 5.32 Å². The number of hydrogen-bond acceptors (Lipinski definition) is 4. The third-order valence-electron chi connectivity index (χ3n) is 2.39. The predicted octanol–water partition coefficient (Wildman–Crippen LogP) is 0.676. The molecule has 0 saturated heterocycles. The van der Waals surface area contributed by atoms with Crippen LogP contribution in [0.5, 0.6) is 0 Å². The van der Waals surface area contributed by atoms with E-state index in [1.165, 1.54) is 4.57 Å². The number of H-pyrrole nitrogens is 1. The van der Waals surface area contributed by atoms with Crippen LogP contribution in [0.1, 0.15) is 18.5 Å². The Hall–Kier alpha value is -2.11. The van der Waals surface area contributed by atoms with Crippen molar-refractivity contribution in [3.63, 3.8) is 0 Å². The van der Waals surface area contributed by atoms with Crippen molar-refractivity contribution >= 4 is 5.82 Å². The topological polar surface area (TPSA) is 75.6 Å². The van der Waals surface area contributed by atoms with E-state index in [0.717, 1.165) is 5.56 Å². The van der Waals surface area contributed by atoms with Gasteiger partial charge >= 0.3 is 0 Å². The highest BCUT2D eigenvalue weighted by Gasteiger charge is 2.09. The number of rotatable bonds is 3. The SMILES string of the molecule is CC(Nc1nccn(C)c1=O)c1cn[nH]c1. The summed E-state index contributed by atoms with van der Waals surface area (Å²) in [6.45, 7) is 1.94. The van der Waals surface area contributed by atoms with Gasteiger partial charge in [0.25, 0.3) is 5.56 Å². The van der Waals surface area contributed by atoms with Crippen molar-refractivity contribution < 1.29 is 0 Å². The Balaban J connectivity index is 2.22. The van der Waals surface area contributed by atoms with Crippen molar-refractivity contribution in [1.29, 1.82) is 0 Å². The van der Waals surface area contributed by atoms with Crippen molar-refractivity contribution in [3.8, 4) is 0 Å². The minimum atomic E-state index is -0.141. The molecular weight excluding hydrogens is 206 g/mol. The lowest BCUT2D eigenvalue weighted by atomic mass is 10.2. The number of aromatic amines is 1. The van der Waals surface area contributed by atoms with Gasteiger partial charge in [-0.05, 0) is 6.92 Å². The fraction of sp³-hybridized carbons (Fsp3) is 0.300. The Labute approximate surface area is 92.3 Å². The van der Waals surface area contributed by atoms with Crippen LogP contribution >= 0.6 is 0 Å². The molecule has 1 atom stereocenters. The summed E-state index contributed by atoms with van der Waals surface area (Å²) in [5.74, 6) is 0.346. The molecule has 0 bridgehead atoms. The van der Waals surface area contributed by atoms with Crippen LogP contribution < -0.4 is 10.9 Å². The van der Waals surface area contributed by atoms with Gasteiger partial charge in [-0.25, -0.2) is 4.98 Å². The minimum absolute atomic E-state index is 0.0126. The van der Waals surface area contributed by atoms with Crippen LogP contribution in [-0.2, 0) is 7.05 Å². The maximum atomic E-state index is 11.7. The fourth-order valence-corrected chi connectivity index (χ4v) is 1.38. The Morgan fingerprint density at radius 3 is 3.06 bits per heavy atom. The Morgan fingerprint density at radius 2 is 2.38 bits per heavy atom. The number of hydrogen-bond donors (Lipinski definition) is 2. The zero-order chi connectivity index (χ0) is 11.5. The molecule has 2 aromatic heterocycles. The van der Waals surface area contributed by atoms with Crippen molar-refractivity contribution in [1.82, 2.24) is 19.7 Å². The van der Waals surface area contributed by atoms with Gasteiger partial charge in [0, 0.05) is 31.2 Å². The minimum Gasteiger partial charge on any atom is -0.359 e. The van der Waals surface area contributed by atoms with E-state index in [1.54, 1.807) is 31.8 Å². The third kappa shape index (κ3) is 1.95. The average Bonchev–Trinajstić information content (AvgIpc) is 2.78. The molecule has 0 spiro atoms. The Bertz CT molecular complexity index is 516. The lowest BCUT2D eigenvalue weighted by Crippen LogP contribution is -2.23. The van der Waals surface area contributed by atoms with E-state index in [-0.39, 0.29) is 11.6 Å². The third-order valence-corrected chi connectivity index (χ3v) is 2.39. The first-order valence-corrected chi connectivity index (χ1v) is 4.95. The lowest BCUT2D eigenvalue weighted by Gasteiger charge is -2.12. The van der Waals surface area contributed by atoms with Crippen LogP contribution in [0.25, 0.3) is 0 Å². The summed E-state index contributed by atoms with van der Waals surface area (Å²) < 4.78 is 1.48. The van der Waals surface area contributed by atoms with Gasteiger partial charge in [-0.2, -0.15) is 5.10 Å². The second-order valence-electron chi connectivity index (χ2n) is 3.59. The van der Waals surface area contributed by atoms with Crippen molar-refractivity contribution in [2.24, 2.45) is 7.05 Å². The second-order valence-corrected chi connectivity index (χ2v) is 3.59. The zero-order valence-corrected chi connectivity index (χ0v) is 9.14. The van der Waals surface area contributed by atoms with Gasteiger partial charge in [-0.1, -0.05) is 0 Å². The van der Waals surface area contributed by atoms with Gasteiger partial charge in [0.05, 0.1) is 12.2 Å². The molecular formula is C10H13N5O. The standard InChI is InChI=1S/C10H13N5O/c1-7(8-5-12-13-6-8)14-9-10(16)15(2)4-3-11-9/h3-7H,1-2H3,(H,11,14)(H,12,13). The van der Waals surface area contributed by atoms with Crippen LogP contribution in [0.15, 0.2) is 29.6 Å². The summed E-state index contributed by atoms with van der Waals surface area (Å²) in [4.78, 5) is 15.7. The van der Waals surface area contributed by atoms with Gasteiger partial charge in [0.2, 0.25) is 0 Å². The van der Waals surface area contributed by atoms with Crippen LogP contribution in [0.2, 0.25) is 0 Å². The molecule has 1 unspecified atom stereocenters. The van der Waals surface area contributed by atoms with E-state index in [0.29, 0.717) is 5.82 Å². The van der Waals surface area contributed by atoms with E-state index < -0.39 is 0 Å². The normalized spacial score (nSPS) is 12.4. The van der Waals surface area contributed by atoms with Gasteiger partial charge < -0.3 is 9.88 Å². The van der Waals surface area contributed by atoms with Crippen molar-refractivity contribution in [3.05, 3.63) is 40.7 Å². The average molecular weight is 219 g/mol. The summed E-state index contributed by atoms with van der Waals surface area (Å²) in [5, 5.41) is 9.63. The molecule has 0 aliphatic rings. The molecule has 6 heteroatoms. The van der Waals surface area contributed by atoms with Gasteiger partial charge in [-0.15, -0.1) is 0 Å². The first-order chi connectivity index (χ1) is 7.68. The number of aryl methyl sites for hydroxylation is 1. The quantitative estimate of drug-likeness (QED) is 0.795. The van der Waals surface area contributed by atoms with E-state index >= 15 is 0 Å². The first-order valence-electron chi connectivity index (χ1n) is 4.95. The van der Waals surface area contributed by atoms with Crippen LogP contribution in [0, 0.1) is 0 Å². The van der Waals surface area contributed by atoms with Crippen LogP contribution in [0.3, 0.4) is 0 Å². The van der Waals surface area contributed by atoms with Crippen molar-refractivity contribution in [2.45, 2.75) is 13.0 Å². The van der Waals surface area contributed by atoms with E-state index in [9.17, 15) is 4.79 Å². The van der Waals surface area contributed by atoms with E-state index in [2.05, 4.69) is 20.5 Å². The summed E-state index contributed by atoms with van der Waals surface area (Å²) in [5.41, 5.74) is 0.838. The second kappa shape index (κ2) is 4.18. The van der Waals surface area contributed by atoms with Crippen LogP contribution in [0.4, 0.5) is 5.82 Å². The molecule has 0 radical (unpaired) electrons. The highest BCUT2D eigenvalue weighted by Crippen LogP contribution is 2.13. The molecule has 2 heterocycles. The summed E-state index contributed by atoms with van der Waals surface area (Å²) >= 11 is 0. The monoisotopic (exact) mass is 219 g/mol. The van der Waals surface area contributed by atoms with Gasteiger partial charge in [0.1, 0.15) is 0 Å². The summed E-state index contributed by atoms with van der Waals surface area (Å²) in [6.07, 6.45) is 6.71. The number of anilines is 1. The van der Waals surface area contributed by atoms with E-state index in [1.807, 2.05) is 6.92 Å². The summed E-state index contributed by atoms with van der Waals surface area (Å²) in [7, 11) is 1.69. The first kappa shape index (κ1) is 10.4. The summed E-state index contributed by atoms with van der Waals surface area (Å²) in [6, 6.07) is -0.0126. The molecule has 0 aliphatic heterocycles. The van der Waals surface area contributed by atoms with Gasteiger partial charge in [-0.3, -0.25) is 9.89 Å². The predicted molar refractivity (Wildman–Crippen MR) is 60.1 cm³/mol. The Kier molecular flexibility index (Phi) is 2.72. The smallest absolute Gasteiger partial charge is 0.293 e. The molecule has 6 nitrogen and oxygen atoms in total. The lowest BCUT2D eigenvalue weighted by molar-refractivity contribution is 0.814. The molecule has 0 amide bonds. The highest BCUT2D eigenvalue weighted by atomic mass is 16.1. The molecule has 2 aromatic rings. The molecule has 16 heavy (non-hydrogen) atoms.